The van der Waals surface area contributed by atoms with Gasteiger partial charge in [0.25, 0.3) is 0 Å². The summed E-state index contributed by atoms with van der Waals surface area (Å²) in [5.41, 5.74) is 1.42. The zero-order valence-electron chi connectivity index (χ0n) is 12.4. The first-order valence-corrected chi connectivity index (χ1v) is 7.87. The Morgan fingerprint density at radius 2 is 2.10 bits per heavy atom. The van der Waals surface area contributed by atoms with Gasteiger partial charge in [-0.1, -0.05) is 0 Å². The normalized spacial score (nSPS) is 23.9. The molecule has 5 heteroatoms. The lowest BCUT2D eigenvalue weighted by molar-refractivity contribution is 0.0323. The van der Waals surface area contributed by atoms with Crippen molar-refractivity contribution in [1.29, 1.82) is 0 Å². The minimum atomic E-state index is 0.487. The number of nitrogens with one attached hydrogen (secondary N) is 1. The summed E-state index contributed by atoms with van der Waals surface area (Å²) in [4.78, 5) is 6.91. The van der Waals surface area contributed by atoms with E-state index in [0.717, 1.165) is 45.9 Å². The van der Waals surface area contributed by atoms with Gasteiger partial charge in [0.15, 0.2) is 0 Å². The van der Waals surface area contributed by atoms with Crippen molar-refractivity contribution in [2.75, 3.05) is 45.9 Å². The van der Waals surface area contributed by atoms with Crippen LogP contribution < -0.4 is 5.32 Å². The second-order valence-electron chi connectivity index (χ2n) is 6.01. The quantitative estimate of drug-likeness (QED) is 0.900. The molecule has 1 aromatic heterocycles. The largest absolute Gasteiger partial charge is 0.379 e. The van der Waals surface area contributed by atoms with Gasteiger partial charge in [-0.05, 0) is 32.9 Å². The van der Waals surface area contributed by atoms with E-state index in [1.54, 1.807) is 0 Å². The molecule has 0 radical (unpaired) electrons. The Morgan fingerprint density at radius 1 is 1.35 bits per heavy atom. The molecule has 1 N–H and O–H groups in total. The molecule has 5 nitrogen and oxygen atoms in total. The number of morpholine rings is 1. The van der Waals surface area contributed by atoms with Gasteiger partial charge in [-0.3, -0.25) is 4.90 Å². The minimum Gasteiger partial charge on any atom is -0.379 e. The molecule has 0 spiro atoms. The van der Waals surface area contributed by atoms with Crippen molar-refractivity contribution in [3.63, 3.8) is 0 Å². The molecule has 1 atom stereocenters. The molecule has 2 saturated heterocycles. The maximum Gasteiger partial charge on any atom is 0.0951 e. The molecule has 20 heavy (non-hydrogen) atoms. The average Bonchev–Trinajstić information content (AvgIpc) is 2.99. The van der Waals surface area contributed by atoms with Gasteiger partial charge in [0, 0.05) is 43.5 Å². The topological polar surface area (TPSA) is 42.3 Å². The molecule has 0 amide bonds. The number of ether oxygens (including phenoxy) is 1. The highest BCUT2D eigenvalue weighted by molar-refractivity contribution is 5.09. The zero-order valence-corrected chi connectivity index (χ0v) is 12.4. The van der Waals surface area contributed by atoms with Crippen molar-refractivity contribution in [1.82, 2.24) is 19.8 Å². The second-order valence-corrected chi connectivity index (χ2v) is 6.01. The van der Waals surface area contributed by atoms with E-state index in [-0.39, 0.29) is 0 Å². The molecule has 3 rings (SSSR count). The molecule has 0 saturated carbocycles. The number of rotatable bonds is 4. The van der Waals surface area contributed by atoms with Crippen LogP contribution in [0.25, 0.3) is 0 Å². The minimum absolute atomic E-state index is 0.487. The Morgan fingerprint density at radius 3 is 2.85 bits per heavy atom. The summed E-state index contributed by atoms with van der Waals surface area (Å²) in [6.45, 7) is 9.53. The number of hydrogen-bond acceptors (Lipinski definition) is 4. The lowest BCUT2D eigenvalue weighted by Crippen LogP contribution is -2.39. The summed E-state index contributed by atoms with van der Waals surface area (Å²) in [7, 11) is 0. The lowest BCUT2D eigenvalue weighted by atomic mass is 9.94. The number of imidazole rings is 1. The predicted octanol–water partition coefficient (Wildman–Crippen LogP) is 1.24. The first kappa shape index (κ1) is 14.0. The van der Waals surface area contributed by atoms with Crippen molar-refractivity contribution in [3.05, 3.63) is 18.2 Å². The average molecular weight is 278 g/mol. The van der Waals surface area contributed by atoms with Gasteiger partial charge in [0.05, 0.1) is 19.5 Å². The number of hydrogen-bond donors (Lipinski definition) is 1. The van der Waals surface area contributed by atoms with Gasteiger partial charge in [-0.15, -0.1) is 0 Å². The Bertz CT molecular complexity index is 408. The maximum absolute atomic E-state index is 5.42. The monoisotopic (exact) mass is 278 g/mol. The van der Waals surface area contributed by atoms with Crippen molar-refractivity contribution >= 4 is 0 Å². The van der Waals surface area contributed by atoms with Crippen LogP contribution in [0.1, 0.15) is 37.4 Å². The van der Waals surface area contributed by atoms with E-state index in [4.69, 9.17) is 4.74 Å². The van der Waals surface area contributed by atoms with Crippen molar-refractivity contribution in [2.45, 2.75) is 31.7 Å². The van der Waals surface area contributed by atoms with Crippen LogP contribution in [-0.4, -0.2) is 60.4 Å². The van der Waals surface area contributed by atoms with E-state index in [1.807, 2.05) is 6.33 Å². The summed E-state index contributed by atoms with van der Waals surface area (Å²) < 4.78 is 7.82. The van der Waals surface area contributed by atoms with E-state index in [1.165, 1.54) is 18.5 Å². The van der Waals surface area contributed by atoms with Gasteiger partial charge >= 0.3 is 0 Å². The SMILES string of the molecule is CC(CN1CCOCC1)n1cncc1C1CCNCC1. The summed E-state index contributed by atoms with van der Waals surface area (Å²) >= 11 is 0. The number of piperidine rings is 1. The second kappa shape index (κ2) is 6.70. The number of aromatic nitrogens is 2. The van der Waals surface area contributed by atoms with Crippen molar-refractivity contribution in [3.8, 4) is 0 Å². The summed E-state index contributed by atoms with van der Waals surface area (Å²) in [6.07, 6.45) is 6.56. The van der Waals surface area contributed by atoms with Gasteiger partial charge in [-0.25, -0.2) is 4.98 Å². The molecular formula is C15H26N4O. The summed E-state index contributed by atoms with van der Waals surface area (Å²) in [5.74, 6) is 0.672. The molecule has 0 aliphatic carbocycles. The Labute approximate surface area is 121 Å². The van der Waals surface area contributed by atoms with E-state index >= 15 is 0 Å². The third-order valence-electron chi connectivity index (χ3n) is 4.55. The number of nitrogens with zero attached hydrogens (tertiary/aromatic N) is 3. The van der Waals surface area contributed by atoms with Crippen LogP contribution in [0.15, 0.2) is 12.5 Å². The van der Waals surface area contributed by atoms with E-state index < -0.39 is 0 Å². The van der Waals surface area contributed by atoms with Crippen LogP contribution >= 0.6 is 0 Å². The molecule has 2 aliphatic heterocycles. The van der Waals surface area contributed by atoms with Crippen LogP contribution in [-0.2, 0) is 4.74 Å². The first-order chi connectivity index (χ1) is 9.84. The highest BCUT2D eigenvalue weighted by Crippen LogP contribution is 2.27. The molecule has 112 valence electrons. The van der Waals surface area contributed by atoms with Gasteiger partial charge in [0.2, 0.25) is 0 Å². The van der Waals surface area contributed by atoms with Gasteiger partial charge in [-0.2, -0.15) is 0 Å². The molecule has 2 fully saturated rings. The summed E-state index contributed by atoms with van der Waals surface area (Å²) in [5, 5.41) is 3.44. The Hall–Kier alpha value is -0.910. The molecule has 2 aliphatic rings. The van der Waals surface area contributed by atoms with Crippen LogP contribution in [0.5, 0.6) is 0 Å². The third-order valence-corrected chi connectivity index (χ3v) is 4.55. The van der Waals surface area contributed by atoms with E-state index in [2.05, 4.69) is 32.9 Å². The molecule has 0 bridgehead atoms. The standard InChI is InChI=1S/C15H26N4O/c1-13(11-18-6-8-20-9-7-18)19-12-17-10-15(19)14-2-4-16-5-3-14/h10,12-14,16H,2-9,11H2,1H3. The van der Waals surface area contributed by atoms with E-state index in [9.17, 15) is 0 Å². The lowest BCUT2D eigenvalue weighted by Gasteiger charge is -2.31. The van der Waals surface area contributed by atoms with Crippen molar-refractivity contribution in [2.24, 2.45) is 0 Å². The predicted molar refractivity (Wildman–Crippen MR) is 79.0 cm³/mol. The van der Waals surface area contributed by atoms with Crippen LogP contribution in [0, 0.1) is 0 Å². The molecule has 3 heterocycles. The zero-order chi connectivity index (χ0) is 13.8. The van der Waals surface area contributed by atoms with Gasteiger partial charge < -0.3 is 14.6 Å². The fourth-order valence-corrected chi connectivity index (χ4v) is 3.36. The third kappa shape index (κ3) is 3.22. The highest BCUT2D eigenvalue weighted by atomic mass is 16.5. The van der Waals surface area contributed by atoms with E-state index in [0.29, 0.717) is 12.0 Å². The van der Waals surface area contributed by atoms with Crippen LogP contribution in [0.2, 0.25) is 0 Å². The van der Waals surface area contributed by atoms with Gasteiger partial charge in [0.1, 0.15) is 0 Å². The fraction of sp³-hybridized carbons (Fsp3) is 0.800. The summed E-state index contributed by atoms with van der Waals surface area (Å²) in [6, 6.07) is 0.487. The fourth-order valence-electron chi connectivity index (χ4n) is 3.36. The Balaban J connectivity index is 1.64. The van der Waals surface area contributed by atoms with Crippen LogP contribution in [0.4, 0.5) is 0 Å². The molecule has 1 aromatic rings. The molecule has 0 aromatic carbocycles. The highest BCUT2D eigenvalue weighted by Gasteiger charge is 2.22. The van der Waals surface area contributed by atoms with Crippen LogP contribution in [0.3, 0.4) is 0 Å². The molecular weight excluding hydrogens is 252 g/mol. The first-order valence-electron chi connectivity index (χ1n) is 7.87. The maximum atomic E-state index is 5.42. The molecule has 1 unspecified atom stereocenters. The Kier molecular flexibility index (Phi) is 4.70. The van der Waals surface area contributed by atoms with Crippen molar-refractivity contribution < 1.29 is 4.74 Å². The smallest absolute Gasteiger partial charge is 0.0951 e.